The second kappa shape index (κ2) is 14.5. The van der Waals surface area contributed by atoms with Crippen LogP contribution in [0.5, 0.6) is 0 Å². The number of piperidine rings is 1. The van der Waals surface area contributed by atoms with Crippen LogP contribution in [0.1, 0.15) is 46.0 Å². The molecular weight excluding hydrogens is 391 g/mol. The van der Waals surface area contributed by atoms with E-state index in [1.54, 1.807) is 0 Å². The van der Waals surface area contributed by atoms with Gasteiger partial charge >= 0.3 is 0 Å². The van der Waals surface area contributed by atoms with Gasteiger partial charge in [-0.3, -0.25) is 4.99 Å². The van der Waals surface area contributed by atoms with Gasteiger partial charge in [0, 0.05) is 32.8 Å². The summed E-state index contributed by atoms with van der Waals surface area (Å²) in [7, 11) is 1.81. The SMILES string of the molecule is CCOCCNC(=NC)NCCCCN1CCCCC1C.I. The van der Waals surface area contributed by atoms with Crippen molar-refractivity contribution in [2.75, 3.05) is 46.4 Å². The van der Waals surface area contributed by atoms with E-state index in [0.29, 0.717) is 0 Å². The molecular formula is C16H35IN4O. The molecule has 0 saturated carbocycles. The Morgan fingerprint density at radius 3 is 2.68 bits per heavy atom. The number of nitrogens with zero attached hydrogens (tertiary/aromatic N) is 2. The lowest BCUT2D eigenvalue weighted by molar-refractivity contribution is 0.152. The van der Waals surface area contributed by atoms with Gasteiger partial charge in [-0.1, -0.05) is 6.42 Å². The van der Waals surface area contributed by atoms with Crippen molar-refractivity contribution in [3.8, 4) is 0 Å². The van der Waals surface area contributed by atoms with Crippen molar-refractivity contribution < 1.29 is 4.74 Å². The zero-order valence-corrected chi connectivity index (χ0v) is 16.9. The molecule has 1 rings (SSSR count). The number of aliphatic imine (C=N–C) groups is 1. The van der Waals surface area contributed by atoms with E-state index in [-0.39, 0.29) is 24.0 Å². The van der Waals surface area contributed by atoms with Crippen LogP contribution >= 0.6 is 24.0 Å². The molecule has 1 aliphatic rings. The minimum atomic E-state index is 0. The number of rotatable bonds is 9. The highest BCUT2D eigenvalue weighted by molar-refractivity contribution is 14.0. The molecule has 0 aromatic carbocycles. The van der Waals surface area contributed by atoms with Crippen LogP contribution in [0.4, 0.5) is 0 Å². The summed E-state index contributed by atoms with van der Waals surface area (Å²) < 4.78 is 5.30. The Morgan fingerprint density at radius 2 is 2.00 bits per heavy atom. The van der Waals surface area contributed by atoms with Gasteiger partial charge in [0.25, 0.3) is 0 Å². The summed E-state index contributed by atoms with van der Waals surface area (Å²) in [6.07, 6.45) is 6.60. The number of halogens is 1. The van der Waals surface area contributed by atoms with Crippen molar-refractivity contribution in [2.45, 2.75) is 52.0 Å². The fourth-order valence-corrected chi connectivity index (χ4v) is 2.74. The summed E-state index contributed by atoms with van der Waals surface area (Å²) in [6.45, 7) is 10.2. The highest BCUT2D eigenvalue weighted by Gasteiger charge is 2.16. The molecule has 0 bridgehead atoms. The maximum atomic E-state index is 5.30. The smallest absolute Gasteiger partial charge is 0.191 e. The average molecular weight is 426 g/mol. The number of guanidine groups is 1. The molecule has 1 atom stereocenters. The van der Waals surface area contributed by atoms with Crippen LogP contribution in [0.15, 0.2) is 4.99 Å². The molecule has 0 aliphatic carbocycles. The van der Waals surface area contributed by atoms with Crippen molar-refractivity contribution in [1.82, 2.24) is 15.5 Å². The van der Waals surface area contributed by atoms with E-state index in [1.165, 1.54) is 45.2 Å². The second-order valence-corrected chi connectivity index (χ2v) is 5.71. The summed E-state index contributed by atoms with van der Waals surface area (Å²) in [5.41, 5.74) is 0. The van der Waals surface area contributed by atoms with E-state index < -0.39 is 0 Å². The van der Waals surface area contributed by atoms with E-state index in [2.05, 4.69) is 27.4 Å². The summed E-state index contributed by atoms with van der Waals surface area (Å²) >= 11 is 0. The van der Waals surface area contributed by atoms with Crippen LogP contribution in [0.3, 0.4) is 0 Å². The monoisotopic (exact) mass is 426 g/mol. The third kappa shape index (κ3) is 9.84. The number of nitrogens with one attached hydrogen (secondary N) is 2. The summed E-state index contributed by atoms with van der Waals surface area (Å²) in [6, 6.07) is 0.778. The van der Waals surface area contributed by atoms with Crippen molar-refractivity contribution >= 4 is 29.9 Å². The number of hydrogen-bond acceptors (Lipinski definition) is 3. The van der Waals surface area contributed by atoms with Crippen LogP contribution in [0, 0.1) is 0 Å². The van der Waals surface area contributed by atoms with Crippen molar-refractivity contribution in [3.05, 3.63) is 0 Å². The van der Waals surface area contributed by atoms with E-state index in [0.717, 1.165) is 38.3 Å². The Balaban J connectivity index is 0.00000441. The topological polar surface area (TPSA) is 48.9 Å². The maximum Gasteiger partial charge on any atom is 0.191 e. The number of hydrogen-bond donors (Lipinski definition) is 2. The van der Waals surface area contributed by atoms with Crippen LogP contribution < -0.4 is 10.6 Å². The van der Waals surface area contributed by atoms with Crippen molar-refractivity contribution in [3.63, 3.8) is 0 Å². The summed E-state index contributed by atoms with van der Waals surface area (Å²) in [4.78, 5) is 6.85. The van der Waals surface area contributed by atoms with Gasteiger partial charge in [0.2, 0.25) is 0 Å². The normalized spacial score (nSPS) is 19.6. The lowest BCUT2D eigenvalue weighted by Crippen LogP contribution is -2.40. The zero-order valence-electron chi connectivity index (χ0n) is 14.6. The minimum Gasteiger partial charge on any atom is -0.380 e. The molecule has 1 saturated heterocycles. The average Bonchev–Trinajstić information content (AvgIpc) is 2.50. The van der Waals surface area contributed by atoms with E-state index in [9.17, 15) is 0 Å². The first-order valence-electron chi connectivity index (χ1n) is 8.54. The Bertz CT molecular complexity index is 289. The van der Waals surface area contributed by atoms with Gasteiger partial charge in [-0.25, -0.2) is 0 Å². The van der Waals surface area contributed by atoms with E-state index in [1.807, 2.05) is 14.0 Å². The first-order valence-corrected chi connectivity index (χ1v) is 8.54. The molecule has 6 heteroatoms. The Kier molecular flexibility index (Phi) is 14.5. The fourth-order valence-electron chi connectivity index (χ4n) is 2.74. The molecule has 0 aromatic heterocycles. The molecule has 1 fully saturated rings. The van der Waals surface area contributed by atoms with Crippen LogP contribution in [-0.4, -0.2) is 63.3 Å². The fraction of sp³-hybridized carbons (Fsp3) is 0.938. The lowest BCUT2D eigenvalue weighted by Gasteiger charge is -2.33. The van der Waals surface area contributed by atoms with Gasteiger partial charge < -0.3 is 20.3 Å². The predicted molar refractivity (Wildman–Crippen MR) is 105 cm³/mol. The van der Waals surface area contributed by atoms with Crippen LogP contribution in [-0.2, 0) is 4.74 Å². The Morgan fingerprint density at radius 1 is 1.23 bits per heavy atom. The van der Waals surface area contributed by atoms with E-state index >= 15 is 0 Å². The van der Waals surface area contributed by atoms with Gasteiger partial charge in [-0.05, 0) is 52.6 Å². The minimum absolute atomic E-state index is 0. The Hall–Kier alpha value is -0.0800. The standard InChI is InChI=1S/C16H34N4O.HI/c1-4-21-14-11-19-16(17-3)18-10-6-8-13-20-12-7-5-9-15(20)2;/h15H,4-14H2,1-3H3,(H2,17,18,19);1H. The number of ether oxygens (including phenoxy) is 1. The summed E-state index contributed by atoms with van der Waals surface area (Å²) in [5, 5.41) is 6.62. The van der Waals surface area contributed by atoms with Crippen LogP contribution in [0.2, 0.25) is 0 Å². The largest absolute Gasteiger partial charge is 0.380 e. The van der Waals surface area contributed by atoms with Crippen molar-refractivity contribution in [2.24, 2.45) is 4.99 Å². The molecule has 5 nitrogen and oxygen atoms in total. The van der Waals surface area contributed by atoms with Crippen molar-refractivity contribution in [1.29, 1.82) is 0 Å². The van der Waals surface area contributed by atoms with Gasteiger partial charge in [-0.15, -0.1) is 24.0 Å². The first-order chi connectivity index (χ1) is 10.3. The van der Waals surface area contributed by atoms with Gasteiger partial charge in [0.15, 0.2) is 5.96 Å². The number of unbranched alkanes of at least 4 members (excludes halogenated alkanes) is 1. The molecule has 0 spiro atoms. The number of likely N-dealkylation sites (tertiary alicyclic amines) is 1. The highest BCUT2D eigenvalue weighted by Crippen LogP contribution is 2.16. The molecule has 0 radical (unpaired) electrons. The Labute approximate surface area is 153 Å². The lowest BCUT2D eigenvalue weighted by atomic mass is 10.0. The molecule has 0 amide bonds. The van der Waals surface area contributed by atoms with Gasteiger partial charge in [0.05, 0.1) is 6.61 Å². The third-order valence-electron chi connectivity index (χ3n) is 4.07. The summed E-state index contributed by atoms with van der Waals surface area (Å²) in [5.74, 6) is 0.876. The van der Waals surface area contributed by atoms with Gasteiger partial charge in [-0.2, -0.15) is 0 Å². The van der Waals surface area contributed by atoms with Gasteiger partial charge in [0.1, 0.15) is 0 Å². The molecule has 1 heterocycles. The zero-order chi connectivity index (χ0) is 15.3. The quantitative estimate of drug-likeness (QED) is 0.258. The molecule has 22 heavy (non-hydrogen) atoms. The predicted octanol–water partition coefficient (Wildman–Crippen LogP) is 2.46. The third-order valence-corrected chi connectivity index (χ3v) is 4.07. The first kappa shape index (κ1) is 21.9. The molecule has 1 unspecified atom stereocenters. The molecule has 1 aliphatic heterocycles. The second-order valence-electron chi connectivity index (χ2n) is 5.71. The highest BCUT2D eigenvalue weighted by atomic mass is 127. The maximum absolute atomic E-state index is 5.30. The molecule has 2 N–H and O–H groups in total. The van der Waals surface area contributed by atoms with E-state index in [4.69, 9.17) is 4.74 Å². The molecule has 0 aromatic rings. The van der Waals surface area contributed by atoms with Crippen LogP contribution in [0.25, 0.3) is 0 Å². The molecule has 132 valence electrons.